The summed E-state index contributed by atoms with van der Waals surface area (Å²) in [4.78, 5) is 24.5. The second kappa shape index (κ2) is 7.40. The van der Waals surface area contributed by atoms with Crippen LogP contribution in [0.3, 0.4) is 0 Å². The third-order valence-corrected chi connectivity index (χ3v) is 3.58. The highest BCUT2D eigenvalue weighted by atomic mass is 16.5. The molecule has 0 aromatic heterocycles. The minimum Gasteiger partial charge on any atom is -0.465 e. The lowest BCUT2D eigenvalue weighted by Crippen LogP contribution is -2.43. The summed E-state index contributed by atoms with van der Waals surface area (Å²) < 4.78 is 15.5. The molecule has 126 valence electrons. The Kier molecular flexibility index (Phi) is 5.51. The van der Waals surface area contributed by atoms with Gasteiger partial charge < -0.3 is 25.7 Å². The second-order valence-corrected chi connectivity index (χ2v) is 5.15. The molecule has 2 atom stereocenters. The van der Waals surface area contributed by atoms with Crippen molar-refractivity contribution in [1.82, 2.24) is 0 Å². The summed E-state index contributed by atoms with van der Waals surface area (Å²) in [5.74, 6) is -2.02. The highest BCUT2D eigenvalue weighted by Gasteiger charge is 2.41. The molecule has 0 spiro atoms. The van der Waals surface area contributed by atoms with Crippen LogP contribution >= 0.6 is 0 Å². The maximum atomic E-state index is 12.3. The van der Waals surface area contributed by atoms with Crippen LogP contribution < -0.4 is 21.7 Å². The Bertz CT molecular complexity index is 689. The smallest absolute Gasteiger partial charge is 0.340 e. The number of rotatable bonds is 5. The van der Waals surface area contributed by atoms with Gasteiger partial charge in [0.1, 0.15) is 25.2 Å². The molecule has 7 nitrogen and oxygen atoms in total. The summed E-state index contributed by atoms with van der Waals surface area (Å²) in [6.45, 7) is 3.62. The number of hydrogen-bond donors (Lipinski definition) is 2. The minimum atomic E-state index is -1.16. The molecule has 8 heteroatoms. The average Bonchev–Trinajstić information content (AvgIpc) is 2.53. The molecule has 1 aliphatic heterocycles. The van der Waals surface area contributed by atoms with Gasteiger partial charge in [-0.1, -0.05) is 17.6 Å². The lowest BCUT2D eigenvalue weighted by atomic mass is 9.80. The number of esters is 2. The highest BCUT2D eigenvalue weighted by Crippen LogP contribution is 2.39. The van der Waals surface area contributed by atoms with E-state index < -0.39 is 23.9 Å². The van der Waals surface area contributed by atoms with Gasteiger partial charge in [-0.05, 0) is 19.9 Å². The molecule has 2 unspecified atom stereocenters. The lowest BCUT2D eigenvalue weighted by molar-refractivity contribution is -0.145. The van der Waals surface area contributed by atoms with Crippen molar-refractivity contribution in [1.29, 1.82) is 0 Å². The van der Waals surface area contributed by atoms with Crippen molar-refractivity contribution in [3.63, 3.8) is 0 Å². The Morgan fingerprint density at radius 1 is 1.29 bits per heavy atom. The van der Waals surface area contributed by atoms with Gasteiger partial charge in [0.15, 0.2) is 0 Å². The van der Waals surface area contributed by atoms with Gasteiger partial charge in [0.25, 0.3) is 0 Å². The van der Waals surface area contributed by atoms with Gasteiger partial charge in [0.2, 0.25) is 5.88 Å². The molecule has 0 bridgehead atoms. The van der Waals surface area contributed by atoms with Crippen LogP contribution in [0.5, 0.6) is 5.75 Å². The Morgan fingerprint density at radius 3 is 2.58 bits per heavy atom. The van der Waals surface area contributed by atoms with E-state index in [1.54, 1.807) is 32.0 Å². The number of fused-ring (bicyclic) bond motifs is 1. The van der Waals surface area contributed by atoms with E-state index in [9.17, 15) is 9.59 Å². The van der Waals surface area contributed by atoms with E-state index in [0.717, 1.165) is 0 Å². The third-order valence-electron chi connectivity index (χ3n) is 3.58. The van der Waals surface area contributed by atoms with Crippen LogP contribution in [0.1, 0.15) is 25.3 Å². The Balaban J connectivity index is 2.55. The number of ether oxygens (including phenoxy) is 3. The molecule has 1 aromatic rings. The molecule has 1 heterocycles. The predicted molar refractivity (Wildman–Crippen MR) is 87.7 cm³/mol. The van der Waals surface area contributed by atoms with E-state index in [1.807, 2.05) is 0 Å². The highest BCUT2D eigenvalue weighted by molar-refractivity contribution is 6.32. The first-order valence-electron chi connectivity index (χ1n) is 7.56. The van der Waals surface area contributed by atoms with Crippen LogP contribution in [0.25, 0.3) is 0 Å². The fourth-order valence-electron chi connectivity index (χ4n) is 2.57. The quantitative estimate of drug-likeness (QED) is 0.557. The van der Waals surface area contributed by atoms with Gasteiger partial charge in [-0.25, -0.2) is 4.79 Å². The topological polar surface area (TPSA) is 114 Å². The Labute approximate surface area is 141 Å². The number of hydrogen-bond acceptors (Lipinski definition) is 7. The molecule has 2 rings (SSSR count). The average molecular weight is 330 g/mol. The SMILES string of the molecule is [B]c1ccc2c(c1)C(C(N)C(=O)OCC)C(C(=O)OCC)=C(N)O2. The van der Waals surface area contributed by atoms with Crippen molar-refractivity contribution in [3.8, 4) is 5.75 Å². The van der Waals surface area contributed by atoms with Crippen LogP contribution in [0.2, 0.25) is 0 Å². The third kappa shape index (κ3) is 3.38. The van der Waals surface area contributed by atoms with Crippen LogP contribution in [-0.4, -0.2) is 39.0 Å². The lowest BCUT2D eigenvalue weighted by Gasteiger charge is -2.31. The zero-order chi connectivity index (χ0) is 17.9. The first kappa shape index (κ1) is 17.9. The van der Waals surface area contributed by atoms with E-state index in [4.69, 9.17) is 33.5 Å². The molecule has 1 aliphatic rings. The molecule has 4 N–H and O–H groups in total. The number of nitrogens with two attached hydrogens (primary N) is 2. The maximum absolute atomic E-state index is 12.3. The number of benzene rings is 1. The van der Waals surface area contributed by atoms with E-state index in [1.165, 1.54) is 0 Å². The van der Waals surface area contributed by atoms with Crippen molar-refractivity contribution in [2.75, 3.05) is 13.2 Å². The van der Waals surface area contributed by atoms with Gasteiger partial charge in [-0.2, -0.15) is 0 Å². The zero-order valence-corrected chi connectivity index (χ0v) is 13.6. The first-order valence-corrected chi connectivity index (χ1v) is 7.56. The standard InChI is InChI=1S/C16H19BN2O5/c1-3-22-15(20)12-11(13(18)16(21)23-4-2)9-7-8(17)5-6-10(9)24-14(12)19/h5-7,11,13H,3-4,18-19H2,1-2H3. The van der Waals surface area contributed by atoms with Gasteiger partial charge in [0, 0.05) is 5.56 Å². The Morgan fingerprint density at radius 2 is 1.96 bits per heavy atom. The number of carbonyl (C=O) groups excluding carboxylic acids is 2. The molecule has 0 amide bonds. The largest absolute Gasteiger partial charge is 0.465 e. The monoisotopic (exact) mass is 330 g/mol. The molecule has 0 fully saturated rings. The van der Waals surface area contributed by atoms with Gasteiger partial charge in [-0.3, -0.25) is 4.79 Å². The molecule has 0 saturated heterocycles. The van der Waals surface area contributed by atoms with Crippen molar-refractivity contribution >= 4 is 25.2 Å². The number of carbonyl (C=O) groups is 2. The summed E-state index contributed by atoms with van der Waals surface area (Å²) in [6.07, 6.45) is 0. The van der Waals surface area contributed by atoms with Crippen LogP contribution in [-0.2, 0) is 19.1 Å². The molecular weight excluding hydrogens is 311 g/mol. The van der Waals surface area contributed by atoms with Crippen molar-refractivity contribution in [2.24, 2.45) is 11.5 Å². The van der Waals surface area contributed by atoms with Crippen LogP contribution in [0, 0.1) is 0 Å². The maximum Gasteiger partial charge on any atom is 0.340 e. The van der Waals surface area contributed by atoms with Crippen molar-refractivity contribution < 1.29 is 23.8 Å². The summed E-state index contributed by atoms with van der Waals surface area (Å²) >= 11 is 0. The van der Waals surface area contributed by atoms with E-state index in [-0.39, 0.29) is 24.7 Å². The summed E-state index contributed by atoms with van der Waals surface area (Å²) in [7, 11) is 5.82. The fourth-order valence-corrected chi connectivity index (χ4v) is 2.57. The Hall–Kier alpha value is -2.48. The summed E-state index contributed by atoms with van der Waals surface area (Å²) in [5, 5.41) is 0. The predicted octanol–water partition coefficient (Wildman–Crippen LogP) is -0.420. The fraction of sp³-hybridized carbons (Fsp3) is 0.375. The van der Waals surface area contributed by atoms with E-state index in [2.05, 4.69) is 0 Å². The van der Waals surface area contributed by atoms with E-state index in [0.29, 0.717) is 16.8 Å². The molecule has 1 aromatic carbocycles. The van der Waals surface area contributed by atoms with E-state index >= 15 is 0 Å². The molecule has 0 saturated carbocycles. The second-order valence-electron chi connectivity index (χ2n) is 5.15. The summed E-state index contributed by atoms with van der Waals surface area (Å²) in [5.41, 5.74) is 12.8. The summed E-state index contributed by atoms with van der Waals surface area (Å²) in [6, 6.07) is 3.65. The van der Waals surface area contributed by atoms with Gasteiger partial charge in [-0.15, -0.1) is 0 Å². The molecular formula is C16H19BN2O5. The van der Waals surface area contributed by atoms with Gasteiger partial charge in [0.05, 0.1) is 19.1 Å². The van der Waals surface area contributed by atoms with Crippen molar-refractivity contribution in [3.05, 3.63) is 35.2 Å². The van der Waals surface area contributed by atoms with Crippen LogP contribution in [0.4, 0.5) is 0 Å². The normalized spacial score (nSPS) is 17.5. The first-order chi connectivity index (χ1) is 11.4. The molecule has 0 aliphatic carbocycles. The van der Waals surface area contributed by atoms with Gasteiger partial charge >= 0.3 is 11.9 Å². The van der Waals surface area contributed by atoms with Crippen LogP contribution in [0.15, 0.2) is 29.7 Å². The minimum absolute atomic E-state index is 0.0181. The molecule has 2 radical (unpaired) electrons. The van der Waals surface area contributed by atoms with Crippen molar-refractivity contribution in [2.45, 2.75) is 25.8 Å². The zero-order valence-electron chi connectivity index (χ0n) is 13.6. The molecule has 24 heavy (non-hydrogen) atoms.